The second-order valence-corrected chi connectivity index (χ2v) is 4.99. The number of likely N-dealkylation sites (tertiary alicyclic amines) is 1. The molecule has 0 spiro atoms. The molecule has 2 fully saturated rings. The summed E-state index contributed by atoms with van der Waals surface area (Å²) in [7, 11) is 2.09. The van der Waals surface area contributed by atoms with Crippen molar-refractivity contribution in [2.24, 2.45) is 5.92 Å². The van der Waals surface area contributed by atoms with Gasteiger partial charge in [-0.2, -0.15) is 0 Å². The Morgan fingerprint density at radius 1 is 1.50 bits per heavy atom. The van der Waals surface area contributed by atoms with Gasteiger partial charge in [-0.3, -0.25) is 0 Å². The van der Waals surface area contributed by atoms with Crippen molar-refractivity contribution >= 4 is 0 Å². The minimum atomic E-state index is -0.491. The summed E-state index contributed by atoms with van der Waals surface area (Å²) >= 11 is 0. The van der Waals surface area contributed by atoms with Gasteiger partial charge in [0.25, 0.3) is 0 Å². The summed E-state index contributed by atoms with van der Waals surface area (Å²) in [6, 6.07) is 0.502. The lowest BCUT2D eigenvalue weighted by atomic mass is 9.82. The first-order valence-corrected chi connectivity index (χ1v) is 5.62. The smallest absolute Gasteiger partial charge is 0.0838 e. The van der Waals surface area contributed by atoms with E-state index < -0.39 is 5.60 Å². The van der Waals surface area contributed by atoms with E-state index in [4.69, 9.17) is 4.74 Å². The number of aliphatic hydroxyl groups is 1. The van der Waals surface area contributed by atoms with E-state index in [0.29, 0.717) is 12.0 Å². The zero-order chi connectivity index (χ0) is 10.2. The standard InChI is InChI=1S/C11H21NO2/c1-9-6-11(13,8-12(9)2)10-4-3-5-14-7-10/h9-10,13H,3-8H2,1-2H3. The average Bonchev–Trinajstić information content (AvgIpc) is 2.44. The van der Waals surface area contributed by atoms with E-state index >= 15 is 0 Å². The highest BCUT2D eigenvalue weighted by Crippen LogP contribution is 2.36. The molecule has 3 atom stereocenters. The summed E-state index contributed by atoms with van der Waals surface area (Å²) in [5.41, 5.74) is -0.491. The third-order valence-corrected chi connectivity index (χ3v) is 3.84. The molecule has 1 N–H and O–H groups in total. The molecule has 3 heteroatoms. The van der Waals surface area contributed by atoms with Gasteiger partial charge in [-0.15, -0.1) is 0 Å². The van der Waals surface area contributed by atoms with Gasteiger partial charge in [-0.25, -0.2) is 0 Å². The van der Waals surface area contributed by atoms with E-state index in [9.17, 15) is 5.11 Å². The Bertz CT molecular complexity index is 191. The molecule has 0 aromatic rings. The number of nitrogens with zero attached hydrogens (tertiary/aromatic N) is 1. The summed E-state index contributed by atoms with van der Waals surface area (Å²) in [5, 5.41) is 10.5. The van der Waals surface area contributed by atoms with Crippen LogP contribution in [-0.4, -0.2) is 48.5 Å². The second kappa shape index (κ2) is 3.80. The van der Waals surface area contributed by atoms with Crippen LogP contribution in [0.15, 0.2) is 0 Å². The summed E-state index contributed by atoms with van der Waals surface area (Å²) in [5.74, 6) is 0.351. The van der Waals surface area contributed by atoms with Gasteiger partial charge < -0.3 is 14.7 Å². The lowest BCUT2D eigenvalue weighted by molar-refractivity contribution is -0.0712. The highest BCUT2D eigenvalue weighted by Gasteiger charge is 2.45. The molecule has 2 heterocycles. The maximum atomic E-state index is 10.5. The van der Waals surface area contributed by atoms with Crippen molar-refractivity contribution in [1.82, 2.24) is 4.90 Å². The van der Waals surface area contributed by atoms with Crippen molar-refractivity contribution < 1.29 is 9.84 Å². The van der Waals surface area contributed by atoms with Crippen LogP contribution in [0.5, 0.6) is 0 Å². The average molecular weight is 199 g/mol. The Labute approximate surface area is 86.0 Å². The molecule has 3 unspecified atom stereocenters. The fourth-order valence-corrected chi connectivity index (χ4v) is 2.78. The number of hydrogen-bond donors (Lipinski definition) is 1. The molecule has 0 aromatic heterocycles. The van der Waals surface area contributed by atoms with Gasteiger partial charge in [0.2, 0.25) is 0 Å². The predicted molar refractivity (Wildman–Crippen MR) is 55.2 cm³/mol. The minimum absolute atomic E-state index is 0.351. The SMILES string of the molecule is CC1CC(O)(C2CCCOC2)CN1C. The van der Waals surface area contributed by atoms with Crippen molar-refractivity contribution in [1.29, 1.82) is 0 Å². The van der Waals surface area contributed by atoms with Crippen molar-refractivity contribution in [2.75, 3.05) is 26.8 Å². The van der Waals surface area contributed by atoms with E-state index in [1.807, 2.05) is 0 Å². The topological polar surface area (TPSA) is 32.7 Å². The second-order valence-electron chi connectivity index (χ2n) is 4.99. The van der Waals surface area contributed by atoms with Gasteiger partial charge in [0.05, 0.1) is 12.2 Å². The van der Waals surface area contributed by atoms with Gasteiger partial charge in [0, 0.05) is 25.1 Å². The number of rotatable bonds is 1. The Kier molecular flexibility index (Phi) is 2.82. The summed E-state index contributed by atoms with van der Waals surface area (Å²) < 4.78 is 5.45. The number of β-amino-alcohol motifs (C(OH)–C–C–N with tert-alkyl or cyclic N) is 1. The van der Waals surface area contributed by atoms with Crippen LogP contribution in [0, 0.1) is 5.92 Å². The molecule has 3 nitrogen and oxygen atoms in total. The maximum absolute atomic E-state index is 10.5. The van der Waals surface area contributed by atoms with Crippen LogP contribution in [0.2, 0.25) is 0 Å². The van der Waals surface area contributed by atoms with Crippen LogP contribution in [0.25, 0.3) is 0 Å². The zero-order valence-corrected chi connectivity index (χ0v) is 9.20. The summed E-state index contributed by atoms with van der Waals surface area (Å²) in [6.07, 6.45) is 3.12. The number of hydrogen-bond acceptors (Lipinski definition) is 3. The Morgan fingerprint density at radius 3 is 2.79 bits per heavy atom. The fourth-order valence-electron chi connectivity index (χ4n) is 2.78. The fraction of sp³-hybridized carbons (Fsp3) is 1.00. The zero-order valence-electron chi connectivity index (χ0n) is 9.20. The van der Waals surface area contributed by atoms with E-state index in [1.165, 1.54) is 0 Å². The molecule has 0 amide bonds. The molecule has 0 saturated carbocycles. The van der Waals surface area contributed by atoms with Crippen LogP contribution in [0.4, 0.5) is 0 Å². The van der Waals surface area contributed by atoms with Crippen molar-refractivity contribution in [3.8, 4) is 0 Å². The van der Waals surface area contributed by atoms with Gasteiger partial charge >= 0.3 is 0 Å². The van der Waals surface area contributed by atoms with E-state index in [1.54, 1.807) is 0 Å². The van der Waals surface area contributed by atoms with Crippen molar-refractivity contribution in [2.45, 2.75) is 37.8 Å². The molecule has 2 aliphatic rings. The third kappa shape index (κ3) is 1.81. The van der Waals surface area contributed by atoms with E-state index in [-0.39, 0.29) is 0 Å². The largest absolute Gasteiger partial charge is 0.388 e. The van der Waals surface area contributed by atoms with Crippen LogP contribution < -0.4 is 0 Å². The van der Waals surface area contributed by atoms with E-state index in [0.717, 1.165) is 39.0 Å². The normalized spacial score (nSPS) is 45.6. The van der Waals surface area contributed by atoms with Gasteiger partial charge in [-0.1, -0.05) is 0 Å². The molecule has 2 aliphatic heterocycles. The molecule has 14 heavy (non-hydrogen) atoms. The molecule has 0 bridgehead atoms. The first kappa shape index (κ1) is 10.4. The summed E-state index contributed by atoms with van der Waals surface area (Å²) in [6.45, 7) is 4.61. The first-order valence-electron chi connectivity index (χ1n) is 5.62. The lowest BCUT2D eigenvalue weighted by Gasteiger charge is -2.35. The molecular weight excluding hydrogens is 178 g/mol. The maximum Gasteiger partial charge on any atom is 0.0838 e. The van der Waals surface area contributed by atoms with Crippen molar-refractivity contribution in [3.63, 3.8) is 0 Å². The number of likely N-dealkylation sites (N-methyl/N-ethyl adjacent to an activating group) is 1. The van der Waals surface area contributed by atoms with Gasteiger partial charge in [0.1, 0.15) is 0 Å². The van der Waals surface area contributed by atoms with Crippen LogP contribution in [0.1, 0.15) is 26.2 Å². The van der Waals surface area contributed by atoms with Crippen LogP contribution in [0.3, 0.4) is 0 Å². The Morgan fingerprint density at radius 2 is 2.29 bits per heavy atom. The monoisotopic (exact) mass is 199 g/mol. The highest BCUT2D eigenvalue weighted by molar-refractivity contribution is 4.98. The van der Waals surface area contributed by atoms with Gasteiger partial charge in [-0.05, 0) is 33.2 Å². The Balaban J connectivity index is 2.01. The quantitative estimate of drug-likeness (QED) is 0.680. The van der Waals surface area contributed by atoms with Crippen LogP contribution in [-0.2, 0) is 4.74 Å². The van der Waals surface area contributed by atoms with Gasteiger partial charge in [0.15, 0.2) is 0 Å². The minimum Gasteiger partial charge on any atom is -0.388 e. The number of ether oxygens (including phenoxy) is 1. The van der Waals surface area contributed by atoms with Crippen LogP contribution >= 0.6 is 0 Å². The predicted octanol–water partition coefficient (Wildman–Crippen LogP) is 0.868. The molecule has 2 rings (SSSR count). The molecular formula is C11H21NO2. The lowest BCUT2D eigenvalue weighted by Crippen LogP contribution is -2.44. The molecule has 0 aliphatic carbocycles. The Hall–Kier alpha value is -0.120. The third-order valence-electron chi connectivity index (χ3n) is 3.84. The molecule has 82 valence electrons. The molecule has 0 radical (unpaired) electrons. The molecule has 0 aromatic carbocycles. The van der Waals surface area contributed by atoms with Crippen molar-refractivity contribution in [3.05, 3.63) is 0 Å². The summed E-state index contributed by atoms with van der Waals surface area (Å²) in [4.78, 5) is 2.24. The molecule has 2 saturated heterocycles. The highest BCUT2D eigenvalue weighted by atomic mass is 16.5. The first-order chi connectivity index (χ1) is 6.62. The van der Waals surface area contributed by atoms with E-state index in [2.05, 4.69) is 18.9 Å².